The Kier molecular flexibility index (Phi) is 9.41. The molecule has 0 fully saturated rings. The van der Waals surface area contributed by atoms with Gasteiger partial charge in [-0.3, -0.25) is 14.4 Å². The second kappa shape index (κ2) is 13.9. The molecule has 0 radical (unpaired) electrons. The van der Waals surface area contributed by atoms with Crippen LogP contribution in [0.4, 0.5) is 0 Å². The van der Waals surface area contributed by atoms with Crippen LogP contribution >= 0.6 is 11.6 Å². The van der Waals surface area contributed by atoms with Crippen LogP contribution in [0.1, 0.15) is 54.4 Å². The normalized spacial score (nSPS) is 12.2. The van der Waals surface area contributed by atoms with Gasteiger partial charge in [-0.1, -0.05) is 65.7 Å². The first-order valence-electron chi connectivity index (χ1n) is 15.8. The smallest absolute Gasteiger partial charge is 0.309 e. The zero-order chi connectivity index (χ0) is 34.7. The molecule has 3 aromatic carbocycles. The van der Waals surface area contributed by atoms with Crippen LogP contribution in [0.3, 0.4) is 0 Å². The van der Waals surface area contributed by atoms with Crippen LogP contribution in [0.2, 0.25) is 5.15 Å². The van der Waals surface area contributed by atoms with Gasteiger partial charge in [0.25, 0.3) is 0 Å². The lowest BCUT2D eigenvalue weighted by Crippen LogP contribution is -2.31. The number of aliphatic carboxylic acids is 1. The molecule has 0 spiro atoms. The molecule has 3 heterocycles. The van der Waals surface area contributed by atoms with Gasteiger partial charge in [-0.25, -0.2) is 9.67 Å². The van der Waals surface area contributed by atoms with Gasteiger partial charge in [0.15, 0.2) is 0 Å². The number of halogens is 1. The number of carboxylic acids is 1. The molecule has 49 heavy (non-hydrogen) atoms. The molecule has 0 saturated heterocycles. The Balaban J connectivity index is 1.29. The number of aromatic nitrogens is 7. The molecule has 1 amide bonds. The first kappa shape index (κ1) is 33.3. The molecule has 0 aliphatic carbocycles. The highest BCUT2D eigenvalue weighted by Gasteiger charge is 2.29. The summed E-state index contributed by atoms with van der Waals surface area (Å²) in [5.41, 5.74) is 4.71. The molecular weight excluding hydrogens is 644 g/mol. The Morgan fingerprint density at radius 2 is 1.82 bits per heavy atom. The van der Waals surface area contributed by atoms with Crippen molar-refractivity contribution >= 4 is 34.4 Å². The lowest BCUT2D eigenvalue weighted by atomic mass is 9.84. The second-order valence-electron chi connectivity index (χ2n) is 12.8. The number of tetrazole rings is 1. The standard InChI is InChI=1S/C36H35ClN8O4/c1-21-9-13-29(45-20-38-43-44-45)23(15-21)11-14-30(46)40-28(16-22-7-5-4-6-8-22)34-41-32(33(37)42-34)24-10-12-27-26(17-24)25(18-31(47)39-27)19-36(2,3)35(48)49/h4-10,12-13,15,17-18,20,28H,11,14,16,19H2,1-3H3,(H,39,47)(H,40,46)(H,41,42)(H,48,49). The number of imidazole rings is 1. The highest BCUT2D eigenvalue weighted by Crippen LogP contribution is 2.33. The summed E-state index contributed by atoms with van der Waals surface area (Å²) in [4.78, 5) is 48.7. The molecule has 1 unspecified atom stereocenters. The van der Waals surface area contributed by atoms with Crippen molar-refractivity contribution in [3.8, 4) is 16.9 Å². The van der Waals surface area contributed by atoms with Crippen LogP contribution in [-0.4, -0.2) is 52.1 Å². The van der Waals surface area contributed by atoms with Gasteiger partial charge in [-0.05, 0) is 85.3 Å². The number of rotatable bonds is 12. The lowest BCUT2D eigenvalue weighted by molar-refractivity contribution is -0.146. The number of fused-ring (bicyclic) bond motifs is 1. The Labute approximate surface area is 286 Å². The van der Waals surface area contributed by atoms with Crippen molar-refractivity contribution < 1.29 is 14.7 Å². The van der Waals surface area contributed by atoms with Gasteiger partial charge in [0, 0.05) is 29.0 Å². The maximum absolute atomic E-state index is 13.5. The maximum Gasteiger partial charge on any atom is 0.309 e. The number of hydrogen-bond acceptors (Lipinski definition) is 7. The van der Waals surface area contributed by atoms with E-state index in [0.29, 0.717) is 46.4 Å². The Morgan fingerprint density at radius 3 is 2.55 bits per heavy atom. The average Bonchev–Trinajstić information content (AvgIpc) is 3.74. The Hall–Kier alpha value is -5.62. The monoisotopic (exact) mass is 678 g/mol. The number of amides is 1. The molecular formula is C36H35ClN8O4. The van der Waals surface area contributed by atoms with Crippen LogP contribution in [0, 0.1) is 12.3 Å². The summed E-state index contributed by atoms with van der Waals surface area (Å²) < 4.78 is 1.58. The molecule has 12 nitrogen and oxygen atoms in total. The van der Waals surface area contributed by atoms with Crippen LogP contribution in [0.15, 0.2) is 83.9 Å². The maximum atomic E-state index is 13.5. The fourth-order valence-corrected chi connectivity index (χ4v) is 6.13. The third-order valence-electron chi connectivity index (χ3n) is 8.49. The van der Waals surface area contributed by atoms with E-state index in [1.807, 2.05) is 61.5 Å². The number of aromatic amines is 2. The van der Waals surface area contributed by atoms with E-state index in [1.54, 1.807) is 30.7 Å². The van der Waals surface area contributed by atoms with E-state index in [9.17, 15) is 19.5 Å². The predicted octanol–water partition coefficient (Wildman–Crippen LogP) is 5.54. The number of H-pyrrole nitrogens is 2. The largest absolute Gasteiger partial charge is 0.481 e. The number of aryl methyl sites for hydroxylation is 2. The fourth-order valence-electron chi connectivity index (χ4n) is 5.88. The average molecular weight is 679 g/mol. The highest BCUT2D eigenvalue weighted by atomic mass is 35.5. The highest BCUT2D eigenvalue weighted by molar-refractivity contribution is 6.32. The van der Waals surface area contributed by atoms with Gasteiger partial charge in [0.2, 0.25) is 11.5 Å². The van der Waals surface area contributed by atoms with E-state index in [-0.39, 0.29) is 29.5 Å². The van der Waals surface area contributed by atoms with Crippen molar-refractivity contribution in [2.75, 3.05) is 0 Å². The summed E-state index contributed by atoms with van der Waals surface area (Å²) >= 11 is 6.76. The van der Waals surface area contributed by atoms with Crippen molar-refractivity contribution in [3.63, 3.8) is 0 Å². The molecule has 0 bridgehead atoms. The zero-order valence-corrected chi connectivity index (χ0v) is 28.0. The molecule has 3 aromatic heterocycles. The van der Waals surface area contributed by atoms with Gasteiger partial charge in [0.05, 0.1) is 17.1 Å². The minimum absolute atomic E-state index is 0.150. The number of carbonyl (C=O) groups excluding carboxylic acids is 1. The Morgan fingerprint density at radius 1 is 1.02 bits per heavy atom. The van der Waals surface area contributed by atoms with Gasteiger partial charge < -0.3 is 20.4 Å². The topological polar surface area (TPSA) is 172 Å². The van der Waals surface area contributed by atoms with Gasteiger partial charge in [-0.15, -0.1) is 5.10 Å². The molecule has 6 aromatic rings. The molecule has 0 saturated carbocycles. The number of benzene rings is 3. The number of hydrogen-bond donors (Lipinski definition) is 4. The minimum atomic E-state index is -1.09. The third-order valence-corrected chi connectivity index (χ3v) is 8.77. The van der Waals surface area contributed by atoms with Crippen LogP contribution in [-0.2, 0) is 28.9 Å². The SMILES string of the molecule is Cc1ccc(-n2cnnn2)c(CCC(=O)NC(Cc2ccccc2)c2nc(-c3ccc4[nH]c(=O)cc(CC(C)(C)C(=O)O)c4c3)c(Cl)[nH]2)c1. The third kappa shape index (κ3) is 7.60. The van der Waals surface area contributed by atoms with Crippen LogP contribution in [0.25, 0.3) is 27.8 Å². The number of carboxylic acid groups (broad SMARTS) is 1. The summed E-state index contributed by atoms with van der Waals surface area (Å²) in [7, 11) is 0. The van der Waals surface area contributed by atoms with Crippen LogP contribution in [0.5, 0.6) is 0 Å². The van der Waals surface area contributed by atoms with E-state index in [2.05, 4.69) is 30.8 Å². The fraction of sp³-hybridized carbons (Fsp3) is 0.250. The van der Waals surface area contributed by atoms with Crippen molar-refractivity contribution in [1.29, 1.82) is 0 Å². The van der Waals surface area contributed by atoms with E-state index in [0.717, 1.165) is 22.4 Å². The van der Waals surface area contributed by atoms with Gasteiger partial charge >= 0.3 is 5.97 Å². The molecule has 0 aliphatic heterocycles. The second-order valence-corrected chi connectivity index (χ2v) is 13.1. The molecule has 1 atom stereocenters. The summed E-state index contributed by atoms with van der Waals surface area (Å²) in [6.07, 6.45) is 2.81. The molecule has 4 N–H and O–H groups in total. The number of carbonyl (C=O) groups is 2. The quantitative estimate of drug-likeness (QED) is 0.131. The Bertz CT molecular complexity index is 2190. The number of nitrogens with one attached hydrogen (secondary N) is 3. The summed E-state index contributed by atoms with van der Waals surface area (Å²) in [5.74, 6) is -0.647. The number of nitrogens with zero attached hydrogens (tertiary/aromatic N) is 5. The van der Waals surface area contributed by atoms with E-state index >= 15 is 0 Å². The van der Waals surface area contributed by atoms with Gasteiger partial charge in [0.1, 0.15) is 23.0 Å². The molecule has 13 heteroatoms. The predicted molar refractivity (Wildman–Crippen MR) is 186 cm³/mol. The minimum Gasteiger partial charge on any atom is -0.481 e. The lowest BCUT2D eigenvalue weighted by Gasteiger charge is -2.20. The van der Waals surface area contributed by atoms with E-state index in [1.165, 1.54) is 12.4 Å². The first-order chi connectivity index (χ1) is 23.5. The van der Waals surface area contributed by atoms with Crippen molar-refractivity contribution in [1.82, 2.24) is 40.5 Å². The molecule has 250 valence electrons. The summed E-state index contributed by atoms with van der Waals surface area (Å²) in [5, 5.41) is 25.4. The number of pyridine rings is 1. The van der Waals surface area contributed by atoms with Gasteiger partial charge in [-0.2, -0.15) is 0 Å². The van der Waals surface area contributed by atoms with Crippen molar-refractivity contribution in [2.24, 2.45) is 5.41 Å². The summed E-state index contributed by atoms with van der Waals surface area (Å²) in [6, 6.07) is 22.0. The van der Waals surface area contributed by atoms with Crippen molar-refractivity contribution in [2.45, 2.75) is 52.5 Å². The zero-order valence-electron chi connectivity index (χ0n) is 27.2. The molecule has 6 rings (SSSR count). The molecule has 0 aliphatic rings. The van der Waals surface area contributed by atoms with Crippen LogP contribution < -0.4 is 10.9 Å². The van der Waals surface area contributed by atoms with E-state index in [4.69, 9.17) is 16.6 Å². The van der Waals surface area contributed by atoms with E-state index < -0.39 is 17.4 Å². The summed E-state index contributed by atoms with van der Waals surface area (Å²) in [6.45, 7) is 5.24. The first-order valence-corrected chi connectivity index (χ1v) is 16.2. The van der Waals surface area contributed by atoms with Crippen molar-refractivity contribution in [3.05, 3.63) is 123 Å².